The molecule has 0 fully saturated rings. The van der Waals surface area contributed by atoms with Crippen LogP contribution in [0.2, 0.25) is 0 Å². The molecule has 0 saturated carbocycles. The van der Waals surface area contributed by atoms with Crippen LogP contribution in [-0.2, 0) is 17.1 Å². The van der Waals surface area contributed by atoms with Gasteiger partial charge in [0.05, 0.1) is 10.8 Å². The minimum absolute atomic E-state index is 0.0928. The lowest BCUT2D eigenvalue weighted by Gasteiger charge is -2.09. The SMILES string of the molecule is Cc1c(C#N)c(C2=CC=C(CCNS(=O)(=O)C(C)C)C=CC2)c(C(=O)O)n1C. The highest BCUT2D eigenvalue weighted by Crippen LogP contribution is 2.32. The summed E-state index contributed by atoms with van der Waals surface area (Å²) in [6, 6.07) is 2.12. The minimum atomic E-state index is -3.31. The van der Waals surface area contributed by atoms with Gasteiger partial charge in [-0.15, -0.1) is 0 Å². The number of rotatable bonds is 7. The Bertz CT molecular complexity index is 1020. The fourth-order valence-corrected chi connectivity index (χ4v) is 3.75. The Labute approximate surface area is 165 Å². The molecule has 0 amide bonds. The fraction of sp³-hybridized carbons (Fsp3) is 0.400. The summed E-state index contributed by atoms with van der Waals surface area (Å²) in [4.78, 5) is 11.8. The van der Waals surface area contributed by atoms with E-state index in [9.17, 15) is 23.6 Å². The average Bonchev–Trinajstić information content (AvgIpc) is 2.76. The van der Waals surface area contributed by atoms with Gasteiger partial charge >= 0.3 is 5.97 Å². The van der Waals surface area contributed by atoms with Crippen molar-refractivity contribution in [2.45, 2.75) is 38.9 Å². The molecule has 1 aliphatic rings. The molecule has 8 heteroatoms. The first-order valence-electron chi connectivity index (χ1n) is 8.98. The van der Waals surface area contributed by atoms with Gasteiger partial charge in [-0.05, 0) is 44.8 Å². The second-order valence-corrected chi connectivity index (χ2v) is 9.26. The Kier molecular flexibility index (Phi) is 6.65. The summed E-state index contributed by atoms with van der Waals surface area (Å²) in [6.45, 7) is 5.26. The van der Waals surface area contributed by atoms with E-state index in [1.54, 1.807) is 27.8 Å². The van der Waals surface area contributed by atoms with Gasteiger partial charge in [0.1, 0.15) is 11.8 Å². The van der Waals surface area contributed by atoms with E-state index in [-0.39, 0.29) is 12.2 Å². The van der Waals surface area contributed by atoms with Crippen LogP contribution in [0.5, 0.6) is 0 Å². The predicted octanol–water partition coefficient (Wildman–Crippen LogP) is 2.89. The van der Waals surface area contributed by atoms with Crippen LogP contribution in [0.25, 0.3) is 5.57 Å². The van der Waals surface area contributed by atoms with Crippen LogP contribution in [0.4, 0.5) is 0 Å². The summed E-state index contributed by atoms with van der Waals surface area (Å²) in [5.74, 6) is -1.08. The van der Waals surface area contributed by atoms with Gasteiger partial charge in [0.15, 0.2) is 0 Å². The highest BCUT2D eigenvalue weighted by atomic mass is 32.2. The zero-order chi connectivity index (χ0) is 21.1. The van der Waals surface area contributed by atoms with Crippen molar-refractivity contribution in [3.8, 4) is 6.07 Å². The summed E-state index contributed by atoms with van der Waals surface area (Å²) < 4.78 is 27.8. The fourth-order valence-electron chi connectivity index (χ4n) is 3.03. The molecule has 2 N–H and O–H groups in total. The molecule has 150 valence electrons. The first kappa shape index (κ1) is 21.7. The number of hydrogen-bond donors (Lipinski definition) is 2. The molecule has 0 unspecified atom stereocenters. The molecular weight excluding hydrogens is 378 g/mol. The first-order chi connectivity index (χ1) is 13.1. The number of nitrogens with one attached hydrogen (secondary N) is 1. The van der Waals surface area contributed by atoms with E-state index in [2.05, 4.69) is 10.8 Å². The van der Waals surface area contributed by atoms with E-state index < -0.39 is 21.2 Å². The molecule has 0 bridgehead atoms. The largest absolute Gasteiger partial charge is 0.477 e. The maximum Gasteiger partial charge on any atom is 0.353 e. The summed E-state index contributed by atoms with van der Waals surface area (Å²) in [7, 11) is -1.67. The summed E-state index contributed by atoms with van der Waals surface area (Å²) in [5.41, 5.74) is 3.17. The number of nitriles is 1. The Morgan fingerprint density at radius 3 is 2.64 bits per heavy atom. The number of sulfonamides is 1. The number of carbonyl (C=O) groups is 1. The lowest BCUT2D eigenvalue weighted by molar-refractivity contribution is 0.0686. The smallest absolute Gasteiger partial charge is 0.353 e. The molecule has 2 rings (SSSR count). The van der Waals surface area contributed by atoms with Crippen LogP contribution in [0.3, 0.4) is 0 Å². The van der Waals surface area contributed by atoms with Gasteiger partial charge < -0.3 is 9.67 Å². The molecule has 28 heavy (non-hydrogen) atoms. The van der Waals surface area contributed by atoms with Gasteiger partial charge in [-0.1, -0.05) is 24.3 Å². The molecule has 1 aliphatic carbocycles. The number of carboxylic acid groups (broad SMARTS) is 1. The van der Waals surface area contributed by atoms with E-state index in [0.717, 1.165) is 11.1 Å². The van der Waals surface area contributed by atoms with E-state index >= 15 is 0 Å². The maximum absolute atomic E-state index is 11.8. The van der Waals surface area contributed by atoms with Crippen LogP contribution in [0, 0.1) is 18.3 Å². The Balaban J connectivity index is 2.31. The topological polar surface area (TPSA) is 112 Å². The molecule has 0 spiro atoms. The number of nitrogens with zero attached hydrogens (tertiary/aromatic N) is 2. The number of aromatic nitrogens is 1. The highest BCUT2D eigenvalue weighted by Gasteiger charge is 2.25. The summed E-state index contributed by atoms with van der Waals surface area (Å²) in [5, 5.41) is 18.7. The molecule has 0 saturated heterocycles. The normalized spacial score (nSPS) is 14.4. The van der Waals surface area contributed by atoms with E-state index in [1.807, 2.05) is 24.3 Å². The first-order valence-corrected chi connectivity index (χ1v) is 10.5. The second kappa shape index (κ2) is 8.59. The van der Waals surface area contributed by atoms with Crippen molar-refractivity contribution in [1.82, 2.24) is 9.29 Å². The standard InChI is InChI=1S/C20H25N3O4S/c1-13(2)28(26,27)22-11-10-15-6-5-7-16(9-8-15)18-17(12-21)14(3)23(4)19(18)20(24)25/h5-6,8-9,13,22H,7,10-11H2,1-4H3,(H,24,25). The molecule has 0 atom stereocenters. The Morgan fingerprint density at radius 1 is 1.39 bits per heavy atom. The van der Waals surface area contributed by atoms with Crippen LogP contribution in [-0.4, -0.2) is 35.9 Å². The van der Waals surface area contributed by atoms with Gasteiger partial charge in [-0.25, -0.2) is 17.9 Å². The Morgan fingerprint density at radius 2 is 2.07 bits per heavy atom. The van der Waals surface area contributed by atoms with Gasteiger partial charge in [-0.2, -0.15) is 5.26 Å². The van der Waals surface area contributed by atoms with Crippen molar-refractivity contribution in [2.75, 3.05) is 6.54 Å². The monoisotopic (exact) mass is 403 g/mol. The van der Waals surface area contributed by atoms with Crippen molar-refractivity contribution in [2.24, 2.45) is 7.05 Å². The van der Waals surface area contributed by atoms with Crippen LogP contribution < -0.4 is 4.72 Å². The van der Waals surface area contributed by atoms with Gasteiger partial charge in [0.25, 0.3) is 0 Å². The van der Waals surface area contributed by atoms with Crippen molar-refractivity contribution in [3.05, 3.63) is 52.4 Å². The maximum atomic E-state index is 11.8. The molecule has 0 radical (unpaired) electrons. The summed E-state index contributed by atoms with van der Waals surface area (Å²) >= 11 is 0. The molecule has 1 aromatic heterocycles. The van der Waals surface area contributed by atoms with E-state index in [0.29, 0.717) is 29.7 Å². The zero-order valence-corrected chi connectivity index (χ0v) is 17.3. The van der Waals surface area contributed by atoms with Crippen molar-refractivity contribution in [1.29, 1.82) is 5.26 Å². The van der Waals surface area contributed by atoms with Crippen LogP contribution in [0.15, 0.2) is 29.9 Å². The Hall–Kier alpha value is -2.63. The van der Waals surface area contributed by atoms with Crippen molar-refractivity contribution >= 4 is 21.6 Å². The minimum Gasteiger partial charge on any atom is -0.477 e. The second-order valence-electron chi connectivity index (χ2n) is 6.94. The number of allylic oxidation sites excluding steroid dienone is 5. The third-order valence-corrected chi connectivity index (χ3v) is 6.68. The summed E-state index contributed by atoms with van der Waals surface area (Å²) in [6.07, 6.45) is 8.45. The molecule has 0 aromatic carbocycles. The number of carboxylic acids is 1. The van der Waals surface area contributed by atoms with Gasteiger partial charge in [0.2, 0.25) is 10.0 Å². The van der Waals surface area contributed by atoms with Crippen LogP contribution >= 0.6 is 0 Å². The van der Waals surface area contributed by atoms with E-state index in [4.69, 9.17) is 0 Å². The quantitative estimate of drug-likeness (QED) is 0.727. The molecular formula is C20H25N3O4S. The lowest BCUT2D eigenvalue weighted by atomic mass is 9.98. The molecule has 1 heterocycles. The molecule has 7 nitrogen and oxygen atoms in total. The predicted molar refractivity (Wildman–Crippen MR) is 108 cm³/mol. The third kappa shape index (κ3) is 4.43. The number of aromatic carboxylic acids is 1. The van der Waals surface area contributed by atoms with Gasteiger partial charge in [-0.3, -0.25) is 0 Å². The lowest BCUT2D eigenvalue weighted by Crippen LogP contribution is -2.31. The highest BCUT2D eigenvalue weighted by molar-refractivity contribution is 7.90. The van der Waals surface area contributed by atoms with Crippen molar-refractivity contribution < 1.29 is 18.3 Å². The van der Waals surface area contributed by atoms with E-state index in [1.165, 1.54) is 4.57 Å². The molecule has 1 aromatic rings. The molecule has 0 aliphatic heterocycles. The average molecular weight is 404 g/mol. The number of hydrogen-bond acceptors (Lipinski definition) is 4. The van der Waals surface area contributed by atoms with Crippen molar-refractivity contribution in [3.63, 3.8) is 0 Å². The zero-order valence-electron chi connectivity index (χ0n) is 16.5. The van der Waals surface area contributed by atoms with Crippen LogP contribution in [0.1, 0.15) is 54.0 Å². The van der Waals surface area contributed by atoms with Gasteiger partial charge in [0, 0.05) is 24.8 Å². The third-order valence-electron chi connectivity index (χ3n) is 4.83.